The average molecular weight is 386 g/mol. The third-order valence-electron chi connectivity index (χ3n) is 3.00. The van der Waals surface area contributed by atoms with E-state index in [4.69, 9.17) is 33.1 Å². The van der Waals surface area contributed by atoms with Crippen molar-refractivity contribution in [3.8, 4) is 11.4 Å². The van der Waals surface area contributed by atoms with Gasteiger partial charge >= 0.3 is 10.1 Å². The van der Waals surface area contributed by atoms with E-state index in [1.54, 1.807) is 12.1 Å². The van der Waals surface area contributed by atoms with Gasteiger partial charge in [0.2, 0.25) is 0 Å². The number of benzene rings is 2. The molecule has 24 heavy (non-hydrogen) atoms. The lowest BCUT2D eigenvalue weighted by atomic mass is 10.3. The van der Waals surface area contributed by atoms with Crippen LogP contribution in [0.15, 0.2) is 47.6 Å². The third-order valence-corrected chi connectivity index (χ3v) is 4.85. The molecule has 0 unspecified atom stereocenters. The molecule has 124 valence electrons. The summed E-state index contributed by atoms with van der Waals surface area (Å²) in [6.07, 6.45) is 1.41. The minimum atomic E-state index is -4.11. The minimum absolute atomic E-state index is 0.0266. The van der Waals surface area contributed by atoms with Gasteiger partial charge in [-0.2, -0.15) is 8.42 Å². The summed E-state index contributed by atoms with van der Waals surface area (Å²) >= 11 is 11.7. The van der Waals surface area contributed by atoms with Gasteiger partial charge in [-0.15, -0.1) is 5.10 Å². The number of nitrogens with zero attached hydrogens (tertiary/aromatic N) is 4. The number of hydrogen-bond acceptors (Lipinski definition) is 7. The molecule has 0 saturated carbocycles. The normalized spacial score (nSPS) is 11.4. The van der Waals surface area contributed by atoms with Crippen molar-refractivity contribution in [3.05, 3.63) is 52.8 Å². The highest BCUT2D eigenvalue weighted by atomic mass is 35.5. The lowest BCUT2D eigenvalue weighted by molar-refractivity contribution is 0.486. The Bertz CT molecular complexity index is 952. The number of aromatic nitrogens is 4. The third kappa shape index (κ3) is 3.28. The molecule has 2 aromatic carbocycles. The van der Waals surface area contributed by atoms with Gasteiger partial charge in [-0.05, 0) is 46.8 Å². The zero-order valence-electron chi connectivity index (χ0n) is 11.8. The summed E-state index contributed by atoms with van der Waals surface area (Å²) in [5.41, 5.74) is 6.33. The van der Waals surface area contributed by atoms with E-state index in [0.717, 1.165) is 0 Å². The molecule has 1 aromatic heterocycles. The first-order valence-corrected chi connectivity index (χ1v) is 8.56. The standard InChI is InChI=1S/C13H9Cl2N5O3S/c14-11-5-10(6-12(15)13(11)16)24(21,22)23-9-3-1-8(2-4-9)20-7-17-18-19-20/h1-7H,16H2. The Kier molecular flexibility index (Phi) is 4.31. The van der Waals surface area contributed by atoms with E-state index in [9.17, 15) is 8.42 Å². The second-order valence-corrected chi connectivity index (χ2v) is 6.95. The number of halogens is 2. The molecule has 0 spiro atoms. The molecule has 0 aliphatic heterocycles. The van der Waals surface area contributed by atoms with Crippen molar-refractivity contribution in [2.24, 2.45) is 0 Å². The van der Waals surface area contributed by atoms with Crippen molar-refractivity contribution in [2.75, 3.05) is 5.73 Å². The Hall–Kier alpha value is -2.36. The molecule has 0 radical (unpaired) electrons. The van der Waals surface area contributed by atoms with Gasteiger partial charge in [0.15, 0.2) is 0 Å². The number of nitrogens with two attached hydrogens (primary N) is 1. The zero-order valence-corrected chi connectivity index (χ0v) is 14.1. The predicted molar refractivity (Wildman–Crippen MR) is 87.8 cm³/mol. The topological polar surface area (TPSA) is 113 Å². The van der Waals surface area contributed by atoms with E-state index in [2.05, 4.69) is 15.5 Å². The van der Waals surface area contributed by atoms with E-state index in [1.165, 1.54) is 35.3 Å². The van der Waals surface area contributed by atoms with E-state index >= 15 is 0 Å². The van der Waals surface area contributed by atoms with Gasteiger partial charge in [-0.1, -0.05) is 23.2 Å². The lowest BCUT2D eigenvalue weighted by Crippen LogP contribution is -2.10. The van der Waals surface area contributed by atoms with Gasteiger partial charge in [0.25, 0.3) is 0 Å². The molecule has 3 aromatic rings. The van der Waals surface area contributed by atoms with Gasteiger partial charge < -0.3 is 9.92 Å². The summed E-state index contributed by atoms with van der Waals surface area (Å²) < 4.78 is 31.1. The summed E-state index contributed by atoms with van der Waals surface area (Å²) in [6.45, 7) is 0. The second-order valence-electron chi connectivity index (χ2n) is 4.59. The highest BCUT2D eigenvalue weighted by Gasteiger charge is 2.20. The van der Waals surface area contributed by atoms with Crippen LogP contribution in [-0.2, 0) is 10.1 Å². The van der Waals surface area contributed by atoms with E-state index in [-0.39, 0.29) is 26.4 Å². The quantitative estimate of drug-likeness (QED) is 0.541. The smallest absolute Gasteiger partial charge is 0.339 e. The molecule has 3 rings (SSSR count). The Morgan fingerprint density at radius 3 is 2.25 bits per heavy atom. The summed E-state index contributed by atoms with van der Waals surface area (Å²) in [7, 11) is -4.11. The fourth-order valence-corrected chi connectivity index (χ4v) is 3.42. The van der Waals surface area contributed by atoms with Crippen LogP contribution in [0.4, 0.5) is 5.69 Å². The van der Waals surface area contributed by atoms with Crippen LogP contribution in [0.3, 0.4) is 0 Å². The molecule has 8 nitrogen and oxygen atoms in total. The van der Waals surface area contributed by atoms with Gasteiger partial charge in [0, 0.05) is 0 Å². The number of hydrogen-bond donors (Lipinski definition) is 1. The maximum atomic E-state index is 12.3. The molecule has 0 aliphatic rings. The summed E-state index contributed by atoms with van der Waals surface area (Å²) in [5.74, 6) is 0.107. The van der Waals surface area contributed by atoms with Crippen molar-refractivity contribution in [1.82, 2.24) is 20.2 Å². The van der Waals surface area contributed by atoms with Crippen LogP contribution in [-0.4, -0.2) is 28.6 Å². The first-order valence-electron chi connectivity index (χ1n) is 6.39. The van der Waals surface area contributed by atoms with Crippen molar-refractivity contribution >= 4 is 39.0 Å². The molecule has 0 saturated heterocycles. The Morgan fingerprint density at radius 2 is 1.71 bits per heavy atom. The van der Waals surface area contributed by atoms with Crippen LogP contribution >= 0.6 is 23.2 Å². The largest absolute Gasteiger partial charge is 0.396 e. The van der Waals surface area contributed by atoms with Crippen LogP contribution in [0.5, 0.6) is 5.75 Å². The second kappa shape index (κ2) is 6.27. The van der Waals surface area contributed by atoms with Gasteiger partial charge in [0.05, 0.1) is 21.4 Å². The molecule has 2 N–H and O–H groups in total. The van der Waals surface area contributed by atoms with E-state index < -0.39 is 10.1 Å². The zero-order chi connectivity index (χ0) is 17.3. The highest BCUT2D eigenvalue weighted by Crippen LogP contribution is 2.31. The number of tetrazole rings is 1. The first kappa shape index (κ1) is 16.5. The monoisotopic (exact) mass is 385 g/mol. The molecule has 0 bridgehead atoms. The van der Waals surface area contributed by atoms with Gasteiger partial charge in [-0.25, -0.2) is 4.68 Å². The molecule has 0 fully saturated rings. The Balaban J connectivity index is 1.87. The molecule has 0 atom stereocenters. The Morgan fingerprint density at radius 1 is 1.08 bits per heavy atom. The minimum Gasteiger partial charge on any atom is -0.396 e. The highest BCUT2D eigenvalue weighted by molar-refractivity contribution is 7.87. The molecule has 0 aliphatic carbocycles. The fraction of sp³-hybridized carbons (Fsp3) is 0. The van der Waals surface area contributed by atoms with E-state index in [1.807, 2.05) is 0 Å². The molecule has 11 heteroatoms. The first-order chi connectivity index (χ1) is 11.4. The van der Waals surface area contributed by atoms with Crippen molar-refractivity contribution in [3.63, 3.8) is 0 Å². The maximum Gasteiger partial charge on any atom is 0.339 e. The molecule has 1 heterocycles. The Labute approximate surface area is 146 Å². The molecular formula is C13H9Cl2N5O3S. The lowest BCUT2D eigenvalue weighted by Gasteiger charge is -2.09. The summed E-state index contributed by atoms with van der Waals surface area (Å²) in [6, 6.07) is 8.49. The maximum absolute atomic E-state index is 12.3. The van der Waals surface area contributed by atoms with Crippen LogP contribution in [0, 0.1) is 0 Å². The van der Waals surface area contributed by atoms with Gasteiger partial charge in [0.1, 0.15) is 17.0 Å². The van der Waals surface area contributed by atoms with Crippen molar-refractivity contribution in [2.45, 2.75) is 4.90 Å². The fourth-order valence-electron chi connectivity index (χ4n) is 1.81. The van der Waals surface area contributed by atoms with Crippen LogP contribution in [0.1, 0.15) is 0 Å². The molecule has 0 amide bonds. The van der Waals surface area contributed by atoms with E-state index in [0.29, 0.717) is 5.69 Å². The van der Waals surface area contributed by atoms with Crippen LogP contribution in [0.2, 0.25) is 10.0 Å². The van der Waals surface area contributed by atoms with Crippen molar-refractivity contribution in [1.29, 1.82) is 0 Å². The SMILES string of the molecule is Nc1c(Cl)cc(S(=O)(=O)Oc2ccc(-n3cnnn3)cc2)cc1Cl. The summed E-state index contributed by atoms with van der Waals surface area (Å²) in [4.78, 5) is -0.198. The average Bonchev–Trinajstić information content (AvgIpc) is 3.07. The number of rotatable bonds is 4. The van der Waals surface area contributed by atoms with Crippen molar-refractivity contribution < 1.29 is 12.6 Å². The summed E-state index contributed by atoms with van der Waals surface area (Å²) in [5, 5.41) is 10.8. The van der Waals surface area contributed by atoms with Crippen LogP contribution < -0.4 is 9.92 Å². The number of nitrogen functional groups attached to an aromatic ring is 1. The van der Waals surface area contributed by atoms with Gasteiger partial charge in [-0.3, -0.25) is 0 Å². The predicted octanol–water partition coefficient (Wildman–Crippen LogP) is 2.32. The number of anilines is 1. The van der Waals surface area contributed by atoms with Crippen LogP contribution in [0.25, 0.3) is 5.69 Å². The molecular weight excluding hydrogens is 377 g/mol.